The Morgan fingerprint density at radius 1 is 1.42 bits per heavy atom. The maximum atomic E-state index is 11.9. The van der Waals surface area contributed by atoms with E-state index in [9.17, 15) is 23.3 Å². The summed E-state index contributed by atoms with van der Waals surface area (Å²) in [5.41, 5.74) is -0.361. The summed E-state index contributed by atoms with van der Waals surface area (Å²) in [5.74, 6) is 0.0373. The smallest absolute Gasteiger partial charge is 0.389 e. The lowest BCUT2D eigenvalue weighted by molar-refractivity contribution is -0.384. The fourth-order valence-corrected chi connectivity index (χ4v) is 1.30. The summed E-state index contributed by atoms with van der Waals surface area (Å²) in [7, 11) is 0. The molecule has 0 spiro atoms. The Hall–Kier alpha value is -2.30. The fraction of sp³-hybridized carbons (Fsp3) is 0.364. The number of rotatable bonds is 5. The van der Waals surface area contributed by atoms with Gasteiger partial charge in [0.2, 0.25) is 0 Å². The van der Waals surface area contributed by atoms with E-state index in [-0.39, 0.29) is 30.0 Å². The van der Waals surface area contributed by atoms with Gasteiger partial charge in [-0.25, -0.2) is 0 Å². The minimum absolute atomic E-state index is 0.0373. The van der Waals surface area contributed by atoms with Crippen molar-refractivity contribution < 1.29 is 22.8 Å². The number of hydrogen-bond acceptors (Lipinski definition) is 4. The Bertz CT molecular complexity index is 509. The van der Waals surface area contributed by atoms with Gasteiger partial charge < -0.3 is 4.74 Å². The van der Waals surface area contributed by atoms with Gasteiger partial charge in [0, 0.05) is 18.6 Å². The van der Waals surface area contributed by atoms with E-state index in [4.69, 9.17) is 10.00 Å². The van der Waals surface area contributed by atoms with E-state index in [0.29, 0.717) is 0 Å². The van der Waals surface area contributed by atoms with Crippen LogP contribution in [0, 0.1) is 21.4 Å². The number of halogens is 3. The third-order valence-electron chi connectivity index (χ3n) is 2.16. The molecule has 0 heterocycles. The van der Waals surface area contributed by atoms with Crippen molar-refractivity contribution in [3.8, 4) is 11.8 Å². The molecule has 0 saturated heterocycles. The SMILES string of the molecule is N#Cc1cc([N+](=O)[O-])ccc1OCCCC(F)(F)F. The molecule has 8 heteroatoms. The van der Waals surface area contributed by atoms with Gasteiger partial charge in [0.25, 0.3) is 5.69 Å². The summed E-state index contributed by atoms with van der Waals surface area (Å²) in [6, 6.07) is 5.03. The molecule has 102 valence electrons. The number of nitro benzene ring substituents is 1. The van der Waals surface area contributed by atoms with E-state index in [1.54, 1.807) is 6.07 Å². The molecule has 0 amide bonds. The van der Waals surface area contributed by atoms with Gasteiger partial charge >= 0.3 is 6.18 Å². The third-order valence-corrected chi connectivity index (χ3v) is 2.16. The zero-order valence-electron chi connectivity index (χ0n) is 9.61. The first kappa shape index (κ1) is 14.8. The van der Waals surface area contributed by atoms with Crippen LogP contribution < -0.4 is 4.74 Å². The normalized spacial score (nSPS) is 10.8. The van der Waals surface area contributed by atoms with Crippen molar-refractivity contribution >= 4 is 5.69 Å². The van der Waals surface area contributed by atoms with Gasteiger partial charge in [0.05, 0.1) is 11.5 Å². The molecule has 0 fully saturated rings. The number of benzene rings is 1. The van der Waals surface area contributed by atoms with Gasteiger partial charge in [-0.15, -0.1) is 0 Å². The number of alkyl halides is 3. The van der Waals surface area contributed by atoms with Crippen LogP contribution in [0.15, 0.2) is 18.2 Å². The predicted molar refractivity (Wildman–Crippen MR) is 58.6 cm³/mol. The van der Waals surface area contributed by atoms with Crippen molar-refractivity contribution in [3.05, 3.63) is 33.9 Å². The highest BCUT2D eigenvalue weighted by Gasteiger charge is 2.26. The molecule has 1 rings (SSSR count). The lowest BCUT2D eigenvalue weighted by Gasteiger charge is -2.09. The number of nitro groups is 1. The number of nitrogens with zero attached hydrogens (tertiary/aromatic N) is 2. The maximum absolute atomic E-state index is 11.9. The summed E-state index contributed by atoms with van der Waals surface area (Å²) in [5, 5.41) is 19.3. The Balaban J connectivity index is 2.64. The number of hydrogen-bond donors (Lipinski definition) is 0. The standard InChI is InChI=1S/C11H9F3N2O3/c12-11(13,14)4-1-5-19-10-3-2-9(16(17)18)6-8(10)7-15/h2-3,6H,1,4-5H2. The summed E-state index contributed by atoms with van der Waals surface area (Å²) >= 11 is 0. The van der Waals surface area contributed by atoms with Crippen LogP contribution in [0.1, 0.15) is 18.4 Å². The molecule has 0 atom stereocenters. The quantitative estimate of drug-likeness (QED) is 0.469. The van der Waals surface area contributed by atoms with Crippen molar-refractivity contribution in [1.29, 1.82) is 5.26 Å². The third kappa shape index (κ3) is 4.83. The van der Waals surface area contributed by atoms with Gasteiger partial charge in [0.15, 0.2) is 0 Å². The van der Waals surface area contributed by atoms with E-state index < -0.39 is 17.5 Å². The molecule has 0 unspecified atom stereocenters. The first-order valence-corrected chi connectivity index (χ1v) is 5.21. The summed E-state index contributed by atoms with van der Waals surface area (Å²) in [4.78, 5) is 9.81. The monoisotopic (exact) mass is 274 g/mol. The molecule has 1 aromatic rings. The molecule has 0 saturated carbocycles. The van der Waals surface area contributed by atoms with E-state index >= 15 is 0 Å². The second-order valence-electron chi connectivity index (χ2n) is 3.62. The van der Waals surface area contributed by atoms with Crippen LogP contribution in [0.25, 0.3) is 0 Å². The summed E-state index contributed by atoms with van der Waals surface area (Å²) < 4.78 is 40.7. The highest BCUT2D eigenvalue weighted by atomic mass is 19.4. The van der Waals surface area contributed by atoms with Crippen molar-refractivity contribution in [2.45, 2.75) is 19.0 Å². The van der Waals surface area contributed by atoms with E-state index in [0.717, 1.165) is 12.1 Å². The molecule has 0 aromatic heterocycles. The van der Waals surface area contributed by atoms with Crippen LogP contribution >= 0.6 is 0 Å². The highest BCUT2D eigenvalue weighted by molar-refractivity contribution is 5.50. The molecule has 0 aliphatic heterocycles. The second kappa shape index (κ2) is 6.04. The molecule has 5 nitrogen and oxygen atoms in total. The summed E-state index contributed by atoms with van der Waals surface area (Å²) in [6.45, 7) is -0.216. The topological polar surface area (TPSA) is 76.2 Å². The van der Waals surface area contributed by atoms with Gasteiger partial charge in [-0.3, -0.25) is 10.1 Å². The van der Waals surface area contributed by atoms with Crippen LogP contribution in [0.3, 0.4) is 0 Å². The Kier molecular flexibility index (Phi) is 4.69. The second-order valence-corrected chi connectivity index (χ2v) is 3.62. The lowest BCUT2D eigenvalue weighted by Crippen LogP contribution is -2.10. The molecule has 1 aromatic carbocycles. The Morgan fingerprint density at radius 2 is 2.11 bits per heavy atom. The zero-order chi connectivity index (χ0) is 14.5. The Morgan fingerprint density at radius 3 is 2.63 bits per heavy atom. The maximum Gasteiger partial charge on any atom is 0.389 e. The largest absolute Gasteiger partial charge is 0.492 e. The van der Waals surface area contributed by atoms with E-state index in [1.807, 2.05) is 0 Å². The van der Waals surface area contributed by atoms with Crippen LogP contribution in [0.4, 0.5) is 18.9 Å². The first-order chi connectivity index (χ1) is 8.83. The fourth-order valence-electron chi connectivity index (χ4n) is 1.30. The first-order valence-electron chi connectivity index (χ1n) is 5.21. The van der Waals surface area contributed by atoms with E-state index in [2.05, 4.69) is 0 Å². The predicted octanol–water partition coefficient (Wildman–Crippen LogP) is 3.19. The molecule has 0 aliphatic rings. The van der Waals surface area contributed by atoms with Crippen molar-refractivity contribution in [3.63, 3.8) is 0 Å². The lowest BCUT2D eigenvalue weighted by atomic mass is 10.2. The molecule has 0 aliphatic carbocycles. The number of non-ortho nitro benzene ring substituents is 1. The Labute approximate surface area is 106 Å². The minimum Gasteiger partial charge on any atom is -0.492 e. The molecular weight excluding hydrogens is 265 g/mol. The van der Waals surface area contributed by atoms with Crippen LogP contribution in [-0.2, 0) is 0 Å². The number of nitriles is 1. The molecule has 0 radical (unpaired) electrons. The summed E-state index contributed by atoms with van der Waals surface area (Å²) in [6.07, 6.45) is -5.48. The van der Waals surface area contributed by atoms with Crippen LogP contribution in [-0.4, -0.2) is 17.7 Å². The number of ether oxygens (including phenoxy) is 1. The van der Waals surface area contributed by atoms with Crippen LogP contribution in [0.2, 0.25) is 0 Å². The highest BCUT2D eigenvalue weighted by Crippen LogP contribution is 2.25. The van der Waals surface area contributed by atoms with E-state index in [1.165, 1.54) is 6.07 Å². The van der Waals surface area contributed by atoms with Crippen molar-refractivity contribution in [2.24, 2.45) is 0 Å². The molecule has 19 heavy (non-hydrogen) atoms. The van der Waals surface area contributed by atoms with Crippen molar-refractivity contribution in [2.75, 3.05) is 6.61 Å². The van der Waals surface area contributed by atoms with Gasteiger partial charge in [0.1, 0.15) is 17.4 Å². The van der Waals surface area contributed by atoms with Gasteiger partial charge in [-0.05, 0) is 12.5 Å². The average Bonchev–Trinajstić information content (AvgIpc) is 2.33. The average molecular weight is 274 g/mol. The van der Waals surface area contributed by atoms with Gasteiger partial charge in [-0.2, -0.15) is 18.4 Å². The van der Waals surface area contributed by atoms with Gasteiger partial charge in [-0.1, -0.05) is 0 Å². The molecule has 0 N–H and O–H groups in total. The van der Waals surface area contributed by atoms with Crippen LogP contribution in [0.5, 0.6) is 5.75 Å². The zero-order valence-corrected chi connectivity index (χ0v) is 9.61. The molecule has 0 bridgehead atoms. The minimum atomic E-state index is -4.25. The molecular formula is C11H9F3N2O3. The van der Waals surface area contributed by atoms with Crippen molar-refractivity contribution in [1.82, 2.24) is 0 Å².